The van der Waals surface area contributed by atoms with Gasteiger partial charge in [-0.1, -0.05) is 30.3 Å². The Balaban J connectivity index is 1.69. The molecule has 7 heteroatoms. The van der Waals surface area contributed by atoms with Crippen LogP contribution in [0.1, 0.15) is 5.69 Å². The minimum atomic E-state index is 0.242. The van der Waals surface area contributed by atoms with Crippen LogP contribution in [0, 0.1) is 6.92 Å². The van der Waals surface area contributed by atoms with Gasteiger partial charge in [0.25, 0.3) is 0 Å². The van der Waals surface area contributed by atoms with Crippen LogP contribution in [0.5, 0.6) is 17.4 Å². The first-order valence-corrected chi connectivity index (χ1v) is 8.70. The summed E-state index contributed by atoms with van der Waals surface area (Å²) in [7, 11) is 1.58. The maximum Gasteiger partial charge on any atom is 0.248 e. The average Bonchev–Trinajstić information content (AvgIpc) is 2.71. The summed E-state index contributed by atoms with van der Waals surface area (Å²) in [5.74, 6) is 1.79. The molecule has 2 aromatic heterocycles. The molecule has 4 aromatic rings. The third kappa shape index (κ3) is 3.37. The van der Waals surface area contributed by atoms with Crippen molar-refractivity contribution in [3.8, 4) is 17.4 Å². The number of nitrogens with one attached hydrogen (secondary N) is 1. The molecular weight excluding hydrogens is 354 g/mol. The fourth-order valence-electron chi connectivity index (χ4n) is 2.84. The summed E-state index contributed by atoms with van der Waals surface area (Å²) in [6, 6.07) is 17.2. The van der Waals surface area contributed by atoms with Gasteiger partial charge in [0.15, 0.2) is 17.3 Å². The van der Waals surface area contributed by atoms with Crippen molar-refractivity contribution in [1.29, 1.82) is 0 Å². The maximum atomic E-state index is 6.27. The number of aromatic nitrogens is 3. The Labute approximate surface area is 162 Å². The first kappa shape index (κ1) is 17.5. The molecule has 2 aromatic carbocycles. The van der Waals surface area contributed by atoms with E-state index in [1.807, 2.05) is 49.4 Å². The Bertz CT molecular complexity index is 1150. The highest BCUT2D eigenvalue weighted by molar-refractivity contribution is 5.93. The van der Waals surface area contributed by atoms with Crippen molar-refractivity contribution in [2.45, 2.75) is 6.92 Å². The molecule has 0 bridgehead atoms. The molecule has 0 atom stereocenters. The van der Waals surface area contributed by atoms with E-state index >= 15 is 0 Å². The van der Waals surface area contributed by atoms with Crippen molar-refractivity contribution in [3.63, 3.8) is 0 Å². The molecule has 2 heterocycles. The number of nitrogen functional groups attached to an aromatic ring is 1. The van der Waals surface area contributed by atoms with Crippen LogP contribution in [0.4, 0.5) is 17.2 Å². The van der Waals surface area contributed by atoms with Gasteiger partial charge in [0, 0.05) is 11.1 Å². The van der Waals surface area contributed by atoms with Gasteiger partial charge in [0.1, 0.15) is 12.0 Å². The van der Waals surface area contributed by atoms with E-state index in [-0.39, 0.29) is 11.6 Å². The smallest absolute Gasteiger partial charge is 0.248 e. The second kappa shape index (κ2) is 7.40. The number of para-hydroxylation sites is 3. The second-order valence-corrected chi connectivity index (χ2v) is 6.15. The van der Waals surface area contributed by atoms with Gasteiger partial charge in [0.05, 0.1) is 18.3 Å². The van der Waals surface area contributed by atoms with E-state index in [2.05, 4.69) is 20.3 Å². The van der Waals surface area contributed by atoms with Crippen molar-refractivity contribution >= 4 is 28.1 Å². The number of anilines is 3. The second-order valence-electron chi connectivity index (χ2n) is 6.15. The number of methoxy groups -OCH3 is 1. The number of hydrogen-bond donors (Lipinski definition) is 2. The van der Waals surface area contributed by atoms with Crippen molar-refractivity contribution < 1.29 is 9.47 Å². The number of nitrogens with zero attached hydrogens (tertiary/aromatic N) is 3. The van der Waals surface area contributed by atoms with Crippen LogP contribution in [0.25, 0.3) is 10.9 Å². The fraction of sp³-hybridized carbons (Fsp3) is 0.0952. The predicted molar refractivity (Wildman–Crippen MR) is 109 cm³/mol. The van der Waals surface area contributed by atoms with Gasteiger partial charge in [-0.15, -0.1) is 0 Å². The summed E-state index contributed by atoms with van der Waals surface area (Å²) in [6.07, 6.45) is 1.40. The number of fused-ring (bicyclic) bond motifs is 1. The van der Waals surface area contributed by atoms with Crippen molar-refractivity contribution in [1.82, 2.24) is 15.0 Å². The van der Waals surface area contributed by atoms with E-state index < -0.39 is 0 Å². The van der Waals surface area contributed by atoms with Gasteiger partial charge >= 0.3 is 0 Å². The zero-order valence-electron chi connectivity index (χ0n) is 15.5. The standard InChI is InChI=1S/C21H19N5O2/c1-13-10-11-14-6-5-7-15(19(14)25-13)26-20-18(22)21(24-12-23-20)28-17-9-4-3-8-16(17)27-2/h3-12H,22H2,1-2H3,(H,23,24,26). The average molecular weight is 373 g/mol. The van der Waals surface area contributed by atoms with Gasteiger partial charge in [-0.05, 0) is 31.2 Å². The van der Waals surface area contributed by atoms with E-state index in [1.165, 1.54) is 6.33 Å². The molecule has 0 aliphatic heterocycles. The lowest BCUT2D eigenvalue weighted by atomic mass is 10.1. The highest BCUT2D eigenvalue weighted by Gasteiger charge is 2.14. The minimum Gasteiger partial charge on any atom is -0.493 e. The largest absolute Gasteiger partial charge is 0.493 e. The zero-order valence-corrected chi connectivity index (χ0v) is 15.5. The summed E-state index contributed by atoms with van der Waals surface area (Å²) >= 11 is 0. The van der Waals surface area contributed by atoms with E-state index in [4.69, 9.17) is 15.2 Å². The number of benzene rings is 2. The third-order valence-corrected chi connectivity index (χ3v) is 4.24. The molecule has 0 spiro atoms. The Morgan fingerprint density at radius 1 is 0.929 bits per heavy atom. The molecule has 0 radical (unpaired) electrons. The normalized spacial score (nSPS) is 10.6. The van der Waals surface area contributed by atoms with Crippen LogP contribution in [-0.4, -0.2) is 22.1 Å². The Kier molecular flexibility index (Phi) is 4.63. The van der Waals surface area contributed by atoms with Crippen LogP contribution in [0.2, 0.25) is 0 Å². The third-order valence-electron chi connectivity index (χ3n) is 4.24. The first-order chi connectivity index (χ1) is 13.7. The Morgan fingerprint density at radius 2 is 1.75 bits per heavy atom. The molecule has 0 saturated carbocycles. The Morgan fingerprint density at radius 3 is 2.57 bits per heavy atom. The summed E-state index contributed by atoms with van der Waals surface area (Å²) < 4.78 is 11.2. The molecule has 0 unspecified atom stereocenters. The van der Waals surface area contributed by atoms with Crippen molar-refractivity contribution in [3.05, 3.63) is 66.6 Å². The van der Waals surface area contributed by atoms with Gasteiger partial charge in [-0.25, -0.2) is 4.98 Å². The Hall–Kier alpha value is -3.87. The van der Waals surface area contributed by atoms with Gasteiger partial charge in [0.2, 0.25) is 5.88 Å². The number of hydrogen-bond acceptors (Lipinski definition) is 7. The van der Waals surface area contributed by atoms with Gasteiger partial charge < -0.3 is 20.5 Å². The summed E-state index contributed by atoms with van der Waals surface area (Å²) in [5, 5.41) is 4.27. The molecule has 7 nitrogen and oxygen atoms in total. The number of ether oxygens (including phenoxy) is 2. The highest BCUT2D eigenvalue weighted by Crippen LogP contribution is 2.35. The predicted octanol–water partition coefficient (Wildman–Crippen LogP) is 4.46. The van der Waals surface area contributed by atoms with Crippen molar-refractivity contribution in [2.24, 2.45) is 0 Å². The summed E-state index contributed by atoms with van der Waals surface area (Å²) in [4.78, 5) is 13.0. The van der Waals surface area contributed by atoms with Crippen LogP contribution >= 0.6 is 0 Å². The quantitative estimate of drug-likeness (QED) is 0.533. The molecule has 4 rings (SSSR count). The molecule has 3 N–H and O–H groups in total. The van der Waals surface area contributed by atoms with E-state index in [0.717, 1.165) is 22.3 Å². The molecule has 0 aliphatic carbocycles. The highest BCUT2D eigenvalue weighted by atomic mass is 16.5. The minimum absolute atomic E-state index is 0.242. The van der Waals surface area contributed by atoms with Gasteiger partial charge in [-0.2, -0.15) is 4.98 Å². The maximum absolute atomic E-state index is 6.27. The van der Waals surface area contributed by atoms with Crippen molar-refractivity contribution in [2.75, 3.05) is 18.2 Å². The molecule has 0 amide bonds. The molecule has 0 fully saturated rings. The topological polar surface area (TPSA) is 95.2 Å². The summed E-state index contributed by atoms with van der Waals surface area (Å²) in [6.45, 7) is 1.95. The van der Waals surface area contributed by atoms with Gasteiger partial charge in [-0.3, -0.25) is 4.98 Å². The molecular formula is C21H19N5O2. The lowest BCUT2D eigenvalue weighted by Crippen LogP contribution is -2.04. The monoisotopic (exact) mass is 373 g/mol. The van der Waals surface area contributed by atoms with E-state index in [1.54, 1.807) is 19.2 Å². The SMILES string of the molecule is COc1ccccc1Oc1ncnc(Nc2cccc3ccc(C)nc23)c1N. The fourth-order valence-corrected chi connectivity index (χ4v) is 2.84. The van der Waals surface area contributed by atoms with Crippen LogP contribution in [-0.2, 0) is 0 Å². The van der Waals surface area contributed by atoms with Crippen LogP contribution in [0.3, 0.4) is 0 Å². The van der Waals surface area contributed by atoms with Crippen LogP contribution < -0.4 is 20.5 Å². The lowest BCUT2D eigenvalue weighted by molar-refractivity contribution is 0.374. The zero-order chi connectivity index (χ0) is 19.5. The van der Waals surface area contributed by atoms with E-state index in [9.17, 15) is 0 Å². The number of pyridine rings is 1. The van der Waals surface area contributed by atoms with E-state index in [0.29, 0.717) is 17.3 Å². The first-order valence-electron chi connectivity index (χ1n) is 8.70. The number of nitrogens with two attached hydrogens (primary N) is 1. The molecule has 28 heavy (non-hydrogen) atoms. The van der Waals surface area contributed by atoms with Crippen LogP contribution in [0.15, 0.2) is 60.9 Å². The number of aryl methyl sites for hydroxylation is 1. The lowest BCUT2D eigenvalue weighted by Gasteiger charge is -2.14. The molecule has 140 valence electrons. The summed E-state index contributed by atoms with van der Waals surface area (Å²) in [5.41, 5.74) is 9.13. The molecule has 0 aliphatic rings. The molecule has 0 saturated heterocycles. The number of rotatable bonds is 5.